The Balaban J connectivity index is 2.62. The molecule has 1 aromatic rings. The first kappa shape index (κ1) is 15.6. The molecule has 4 nitrogen and oxygen atoms in total. The van der Waals surface area contributed by atoms with Crippen LogP contribution in [0.1, 0.15) is 29.3 Å². The van der Waals surface area contributed by atoms with E-state index in [1.165, 1.54) is 0 Å². The second-order valence-corrected chi connectivity index (χ2v) is 5.35. The molecule has 1 aromatic carbocycles. The number of amides is 1. The lowest BCUT2D eigenvalue weighted by Crippen LogP contribution is -2.34. The molecule has 0 saturated heterocycles. The molecule has 0 radical (unpaired) electrons. The molecule has 1 rings (SSSR count). The molecule has 0 heterocycles. The van der Waals surface area contributed by atoms with E-state index in [9.17, 15) is 4.79 Å². The molecule has 3 N–H and O–H groups in total. The molecule has 0 aliphatic carbocycles. The lowest BCUT2D eigenvalue weighted by atomic mass is 10.1. The van der Waals surface area contributed by atoms with Gasteiger partial charge in [0.2, 0.25) is 0 Å². The minimum absolute atomic E-state index is 0.0932. The molecule has 1 unspecified atom stereocenters. The van der Waals surface area contributed by atoms with Crippen LogP contribution in [0.5, 0.6) is 0 Å². The summed E-state index contributed by atoms with van der Waals surface area (Å²) in [6, 6.07) is 7.19. The predicted octanol–water partition coefficient (Wildman–Crippen LogP) is 1.39. The molecule has 0 aliphatic rings. The summed E-state index contributed by atoms with van der Waals surface area (Å²) in [6.45, 7) is 2.94. The highest BCUT2D eigenvalue weighted by molar-refractivity contribution is 7.80. The number of hydrogen-bond donors (Lipinski definition) is 2. The largest absolute Gasteiger partial charge is 0.389 e. The van der Waals surface area contributed by atoms with E-state index in [1.807, 2.05) is 21.0 Å². The topological polar surface area (TPSA) is 58.4 Å². The molecule has 19 heavy (non-hydrogen) atoms. The molecule has 1 atom stereocenters. The number of rotatable bonds is 6. The second kappa shape index (κ2) is 7.21. The Morgan fingerprint density at radius 2 is 2.05 bits per heavy atom. The maximum Gasteiger partial charge on any atom is 0.251 e. The monoisotopic (exact) mass is 279 g/mol. The van der Waals surface area contributed by atoms with Crippen LogP contribution in [0.3, 0.4) is 0 Å². The summed E-state index contributed by atoms with van der Waals surface area (Å²) in [5, 5.41) is 2.97. The number of hydrogen-bond acceptors (Lipinski definition) is 3. The molecular weight excluding hydrogens is 258 g/mol. The van der Waals surface area contributed by atoms with E-state index in [1.54, 1.807) is 24.3 Å². The van der Waals surface area contributed by atoms with Crippen LogP contribution in [0.4, 0.5) is 0 Å². The first-order valence-electron chi connectivity index (χ1n) is 6.25. The van der Waals surface area contributed by atoms with Gasteiger partial charge in [0, 0.05) is 17.2 Å². The van der Waals surface area contributed by atoms with Crippen molar-refractivity contribution in [2.24, 2.45) is 5.73 Å². The second-order valence-electron chi connectivity index (χ2n) is 4.91. The van der Waals surface area contributed by atoms with Crippen molar-refractivity contribution in [3.8, 4) is 0 Å². The van der Waals surface area contributed by atoms with Crippen LogP contribution < -0.4 is 11.1 Å². The van der Waals surface area contributed by atoms with Gasteiger partial charge in [0.15, 0.2) is 0 Å². The summed E-state index contributed by atoms with van der Waals surface area (Å²) >= 11 is 4.91. The predicted molar refractivity (Wildman–Crippen MR) is 82.4 cm³/mol. The lowest BCUT2D eigenvalue weighted by molar-refractivity contribution is 0.0937. The molecule has 0 aliphatic heterocycles. The number of thiocarbonyl (C=S) groups is 1. The van der Waals surface area contributed by atoms with Gasteiger partial charge in [-0.15, -0.1) is 0 Å². The van der Waals surface area contributed by atoms with E-state index in [-0.39, 0.29) is 11.9 Å². The first-order valence-corrected chi connectivity index (χ1v) is 6.66. The highest BCUT2D eigenvalue weighted by Crippen LogP contribution is 2.06. The van der Waals surface area contributed by atoms with Gasteiger partial charge in [-0.1, -0.05) is 24.4 Å². The van der Waals surface area contributed by atoms with Gasteiger partial charge in [0.1, 0.15) is 4.99 Å². The quantitative estimate of drug-likeness (QED) is 0.773. The minimum atomic E-state index is -0.0932. The maximum atomic E-state index is 12.1. The average molecular weight is 279 g/mol. The summed E-state index contributed by atoms with van der Waals surface area (Å²) < 4.78 is 0. The normalized spacial score (nSPS) is 12.2. The molecule has 104 valence electrons. The summed E-state index contributed by atoms with van der Waals surface area (Å²) in [7, 11) is 4.03. The van der Waals surface area contributed by atoms with Crippen molar-refractivity contribution in [1.29, 1.82) is 0 Å². The van der Waals surface area contributed by atoms with Crippen LogP contribution >= 0.6 is 12.2 Å². The van der Waals surface area contributed by atoms with Gasteiger partial charge in [0.05, 0.1) is 0 Å². The van der Waals surface area contributed by atoms with Gasteiger partial charge in [-0.05, 0) is 46.1 Å². The molecule has 0 spiro atoms. The van der Waals surface area contributed by atoms with Crippen LogP contribution in [0.15, 0.2) is 24.3 Å². The summed E-state index contributed by atoms with van der Waals surface area (Å²) in [5.41, 5.74) is 6.86. The summed E-state index contributed by atoms with van der Waals surface area (Å²) in [5.74, 6) is -0.0932. The fraction of sp³-hybridized carbons (Fsp3) is 0.429. The molecule has 0 bridgehead atoms. The summed E-state index contributed by atoms with van der Waals surface area (Å²) in [6.07, 6.45) is 0.910. The van der Waals surface area contributed by atoms with Gasteiger partial charge < -0.3 is 16.0 Å². The Labute approximate surface area is 120 Å². The zero-order chi connectivity index (χ0) is 14.4. The number of carbonyl (C=O) groups excluding carboxylic acids is 1. The molecule has 0 saturated carbocycles. The fourth-order valence-electron chi connectivity index (χ4n) is 1.64. The zero-order valence-electron chi connectivity index (χ0n) is 11.6. The molecular formula is C14H21N3OS. The van der Waals surface area contributed by atoms with Gasteiger partial charge in [-0.25, -0.2) is 0 Å². The van der Waals surface area contributed by atoms with Crippen molar-refractivity contribution in [3.63, 3.8) is 0 Å². The zero-order valence-corrected chi connectivity index (χ0v) is 12.5. The van der Waals surface area contributed by atoms with Gasteiger partial charge in [0.25, 0.3) is 5.91 Å². The van der Waals surface area contributed by atoms with Gasteiger partial charge >= 0.3 is 0 Å². The van der Waals surface area contributed by atoms with E-state index in [2.05, 4.69) is 10.2 Å². The third-order valence-electron chi connectivity index (χ3n) is 2.80. The van der Waals surface area contributed by atoms with Crippen molar-refractivity contribution in [2.45, 2.75) is 19.4 Å². The van der Waals surface area contributed by atoms with Crippen molar-refractivity contribution in [3.05, 3.63) is 35.4 Å². The Morgan fingerprint density at radius 1 is 1.42 bits per heavy atom. The van der Waals surface area contributed by atoms with E-state index >= 15 is 0 Å². The maximum absolute atomic E-state index is 12.1. The van der Waals surface area contributed by atoms with Crippen LogP contribution in [-0.4, -0.2) is 42.5 Å². The van der Waals surface area contributed by atoms with Crippen LogP contribution in [0, 0.1) is 0 Å². The van der Waals surface area contributed by atoms with E-state index in [0.717, 1.165) is 13.0 Å². The third-order valence-corrected chi connectivity index (χ3v) is 3.03. The Morgan fingerprint density at radius 3 is 2.63 bits per heavy atom. The van der Waals surface area contributed by atoms with Crippen molar-refractivity contribution >= 4 is 23.1 Å². The number of nitrogens with two attached hydrogens (primary N) is 1. The van der Waals surface area contributed by atoms with Gasteiger partial charge in [-0.2, -0.15) is 0 Å². The van der Waals surface area contributed by atoms with Crippen molar-refractivity contribution < 1.29 is 4.79 Å². The number of benzene rings is 1. The SMILES string of the molecule is CC(CCN(C)C)NC(=O)c1cccc(C(N)=S)c1. The van der Waals surface area contributed by atoms with E-state index in [4.69, 9.17) is 18.0 Å². The standard InChI is InChI=1S/C14H21N3OS/c1-10(7-8-17(2)3)16-14(18)12-6-4-5-11(9-12)13(15)19/h4-6,9-10H,7-8H2,1-3H3,(H2,15,19)(H,16,18). The third kappa shape index (κ3) is 5.36. The molecule has 1 amide bonds. The lowest BCUT2D eigenvalue weighted by Gasteiger charge is -2.16. The average Bonchev–Trinajstić information content (AvgIpc) is 2.36. The molecule has 5 heteroatoms. The molecule has 0 aromatic heterocycles. The Hall–Kier alpha value is -1.46. The van der Waals surface area contributed by atoms with Crippen molar-refractivity contribution in [2.75, 3.05) is 20.6 Å². The smallest absolute Gasteiger partial charge is 0.251 e. The number of nitrogens with one attached hydrogen (secondary N) is 1. The highest BCUT2D eigenvalue weighted by Gasteiger charge is 2.10. The van der Waals surface area contributed by atoms with Gasteiger partial charge in [-0.3, -0.25) is 4.79 Å². The fourth-order valence-corrected chi connectivity index (χ4v) is 1.77. The Bertz CT molecular complexity index is 460. The number of nitrogens with zero attached hydrogens (tertiary/aromatic N) is 1. The van der Waals surface area contributed by atoms with Crippen LogP contribution in [0.2, 0.25) is 0 Å². The highest BCUT2D eigenvalue weighted by atomic mass is 32.1. The van der Waals surface area contributed by atoms with E-state index < -0.39 is 0 Å². The minimum Gasteiger partial charge on any atom is -0.389 e. The first-order chi connectivity index (χ1) is 8.90. The van der Waals surface area contributed by atoms with Crippen LogP contribution in [-0.2, 0) is 0 Å². The van der Waals surface area contributed by atoms with E-state index in [0.29, 0.717) is 16.1 Å². The Kier molecular flexibility index (Phi) is 5.92. The molecule has 0 fully saturated rings. The number of carbonyl (C=O) groups is 1. The van der Waals surface area contributed by atoms with Crippen LogP contribution in [0.25, 0.3) is 0 Å². The summed E-state index contributed by atoms with van der Waals surface area (Å²) in [4.78, 5) is 14.5. The van der Waals surface area contributed by atoms with Crippen molar-refractivity contribution in [1.82, 2.24) is 10.2 Å².